The first-order valence-corrected chi connectivity index (χ1v) is 11.1. The summed E-state index contributed by atoms with van der Waals surface area (Å²) >= 11 is 1.47. The molecule has 9 heteroatoms. The van der Waals surface area contributed by atoms with Gasteiger partial charge < -0.3 is 20.1 Å². The second-order valence-corrected chi connectivity index (χ2v) is 8.54. The van der Waals surface area contributed by atoms with Crippen molar-refractivity contribution in [2.24, 2.45) is 5.92 Å². The largest absolute Gasteiger partial charge is 0.497 e. The van der Waals surface area contributed by atoms with Crippen LogP contribution in [0.15, 0.2) is 59.5 Å². The molecule has 7 nitrogen and oxygen atoms in total. The highest BCUT2D eigenvalue weighted by atomic mass is 32.2. The molecule has 0 radical (unpaired) electrons. The number of hydrogen-bond donors (Lipinski definition) is 3. The van der Waals surface area contributed by atoms with Gasteiger partial charge in [0.05, 0.1) is 31.6 Å². The summed E-state index contributed by atoms with van der Waals surface area (Å²) in [6.45, 7) is 0.934. The molecule has 1 saturated heterocycles. The summed E-state index contributed by atoms with van der Waals surface area (Å²) in [5, 5.41) is 10.5. The van der Waals surface area contributed by atoms with E-state index in [2.05, 4.69) is 16.0 Å². The summed E-state index contributed by atoms with van der Waals surface area (Å²) in [5.41, 5.74) is 2.60. The average Bonchev–Trinajstić information content (AvgIpc) is 3.22. The first-order chi connectivity index (χ1) is 15.5. The number of rotatable bonds is 8. The molecule has 168 valence electrons. The van der Waals surface area contributed by atoms with E-state index in [-0.39, 0.29) is 29.6 Å². The zero-order valence-electron chi connectivity index (χ0n) is 17.5. The Balaban J connectivity index is 1.27. The maximum atomic E-state index is 13.0. The van der Waals surface area contributed by atoms with Crippen LogP contribution in [0.4, 0.5) is 4.39 Å². The number of halogens is 1. The quantitative estimate of drug-likeness (QED) is 0.564. The molecule has 0 aliphatic carbocycles. The molecule has 3 unspecified atom stereocenters. The number of carbonyl (C=O) groups excluding carboxylic acids is 2. The van der Waals surface area contributed by atoms with Crippen molar-refractivity contribution >= 4 is 23.6 Å². The number of hydrogen-bond acceptors (Lipinski definition) is 6. The Hall–Kier alpha value is -2.88. The van der Waals surface area contributed by atoms with Gasteiger partial charge in [0.15, 0.2) is 6.17 Å². The topological polar surface area (TPSA) is 88.7 Å². The molecule has 2 aromatic rings. The molecule has 0 spiro atoms. The van der Waals surface area contributed by atoms with Gasteiger partial charge in [0.25, 0.3) is 5.91 Å². The van der Waals surface area contributed by atoms with E-state index in [9.17, 15) is 14.0 Å². The van der Waals surface area contributed by atoms with Crippen molar-refractivity contribution in [1.29, 1.82) is 0 Å². The van der Waals surface area contributed by atoms with Crippen LogP contribution in [0.2, 0.25) is 0 Å². The predicted molar refractivity (Wildman–Crippen MR) is 119 cm³/mol. The highest BCUT2D eigenvalue weighted by molar-refractivity contribution is 8.03. The fourth-order valence-electron chi connectivity index (χ4n) is 3.59. The molecule has 0 bridgehead atoms. The average molecular weight is 458 g/mol. The van der Waals surface area contributed by atoms with Crippen molar-refractivity contribution in [3.8, 4) is 5.75 Å². The van der Waals surface area contributed by atoms with Crippen molar-refractivity contribution in [2.45, 2.75) is 24.7 Å². The van der Waals surface area contributed by atoms with E-state index in [1.165, 1.54) is 23.9 Å². The third kappa shape index (κ3) is 5.29. The highest BCUT2D eigenvalue weighted by Gasteiger charge is 2.43. The van der Waals surface area contributed by atoms with Crippen LogP contribution in [0.1, 0.15) is 11.1 Å². The molecule has 4 rings (SSSR count). The lowest BCUT2D eigenvalue weighted by Gasteiger charge is -2.33. The number of fused-ring (bicyclic) bond motifs is 1. The Morgan fingerprint density at radius 2 is 1.97 bits per heavy atom. The Bertz CT molecular complexity index is 1010. The van der Waals surface area contributed by atoms with E-state index in [1.54, 1.807) is 19.2 Å². The molecular formula is C23H24FN3O4S. The zero-order valence-corrected chi connectivity index (χ0v) is 18.3. The number of amides is 2. The Morgan fingerprint density at radius 3 is 2.75 bits per heavy atom. The second kappa shape index (κ2) is 10.2. The van der Waals surface area contributed by atoms with Crippen LogP contribution in [0.25, 0.3) is 0 Å². The highest BCUT2D eigenvalue weighted by Crippen LogP contribution is 2.36. The molecule has 2 aliphatic heterocycles. The molecular weight excluding hydrogens is 433 g/mol. The van der Waals surface area contributed by atoms with Crippen LogP contribution in [-0.2, 0) is 27.5 Å². The van der Waals surface area contributed by atoms with E-state index in [0.717, 1.165) is 16.7 Å². The second-order valence-electron chi connectivity index (χ2n) is 7.52. The van der Waals surface area contributed by atoms with Gasteiger partial charge in [-0.25, -0.2) is 4.39 Å². The van der Waals surface area contributed by atoms with Crippen molar-refractivity contribution < 1.29 is 23.5 Å². The predicted octanol–water partition coefficient (Wildman–Crippen LogP) is 2.29. The first kappa shape index (κ1) is 22.3. The summed E-state index contributed by atoms with van der Waals surface area (Å²) in [4.78, 5) is 25.3. The van der Waals surface area contributed by atoms with Crippen molar-refractivity contribution in [3.05, 3.63) is 76.5 Å². The first-order valence-electron chi connectivity index (χ1n) is 10.2. The van der Waals surface area contributed by atoms with E-state index in [4.69, 9.17) is 9.47 Å². The monoisotopic (exact) mass is 457 g/mol. The Kier molecular flexibility index (Phi) is 7.09. The summed E-state index contributed by atoms with van der Waals surface area (Å²) in [7, 11) is 1.59. The zero-order chi connectivity index (χ0) is 22.5. The van der Waals surface area contributed by atoms with Gasteiger partial charge in [0.2, 0.25) is 5.91 Å². The third-order valence-corrected chi connectivity index (χ3v) is 6.42. The van der Waals surface area contributed by atoms with Gasteiger partial charge in [0.1, 0.15) is 11.6 Å². The minimum absolute atomic E-state index is 0.211. The number of carbonyl (C=O) groups is 2. The molecule has 2 amide bonds. The molecule has 2 aliphatic rings. The van der Waals surface area contributed by atoms with Crippen molar-refractivity contribution in [1.82, 2.24) is 16.0 Å². The van der Waals surface area contributed by atoms with Crippen LogP contribution in [0.3, 0.4) is 0 Å². The lowest BCUT2D eigenvalue weighted by atomic mass is 9.97. The van der Waals surface area contributed by atoms with Crippen LogP contribution >= 0.6 is 11.8 Å². The lowest BCUT2D eigenvalue weighted by Crippen LogP contribution is -2.64. The molecule has 0 saturated carbocycles. The number of benzene rings is 2. The van der Waals surface area contributed by atoms with Crippen molar-refractivity contribution in [3.63, 3.8) is 0 Å². The standard InChI is InChI=1S/C23H24FN3O4S/c1-30-18-4-2-3-15(9-18)10-25-22(29)20-26-21(28)19-16(13-32-23(19)27-20)12-31-11-14-5-7-17(24)8-6-14/h2-9,13,19-20,23,27H,10-12H2,1H3,(H,25,29)(H,26,28). The van der Waals surface area contributed by atoms with E-state index in [1.807, 2.05) is 29.7 Å². The van der Waals surface area contributed by atoms with Crippen LogP contribution in [0, 0.1) is 11.7 Å². The number of methoxy groups -OCH3 is 1. The fourth-order valence-corrected chi connectivity index (χ4v) is 4.80. The van der Waals surface area contributed by atoms with Crippen LogP contribution in [-0.4, -0.2) is 37.1 Å². The van der Waals surface area contributed by atoms with E-state index >= 15 is 0 Å². The SMILES string of the molecule is COc1cccc(CNC(=O)C2NC(=O)C3C(COCc4ccc(F)cc4)=CSC3N2)c1. The normalized spacial score (nSPS) is 22.0. The molecule has 3 N–H and O–H groups in total. The molecule has 1 fully saturated rings. The van der Waals surface area contributed by atoms with Gasteiger partial charge in [-0.1, -0.05) is 24.3 Å². The van der Waals surface area contributed by atoms with Crippen LogP contribution < -0.4 is 20.7 Å². The number of ether oxygens (including phenoxy) is 2. The van der Waals surface area contributed by atoms with Crippen molar-refractivity contribution in [2.75, 3.05) is 13.7 Å². The molecule has 32 heavy (non-hydrogen) atoms. The molecule has 3 atom stereocenters. The summed E-state index contributed by atoms with van der Waals surface area (Å²) < 4.78 is 23.9. The molecule has 2 heterocycles. The smallest absolute Gasteiger partial charge is 0.257 e. The number of thioether (sulfide) groups is 1. The minimum Gasteiger partial charge on any atom is -0.497 e. The maximum absolute atomic E-state index is 13.0. The van der Waals surface area contributed by atoms with Gasteiger partial charge >= 0.3 is 0 Å². The summed E-state index contributed by atoms with van der Waals surface area (Å²) in [6, 6.07) is 13.5. The van der Waals surface area contributed by atoms with E-state index in [0.29, 0.717) is 18.9 Å². The minimum atomic E-state index is -0.810. The van der Waals surface area contributed by atoms with Gasteiger partial charge in [-0.15, -0.1) is 11.8 Å². The third-order valence-electron chi connectivity index (χ3n) is 5.28. The Morgan fingerprint density at radius 1 is 1.16 bits per heavy atom. The maximum Gasteiger partial charge on any atom is 0.257 e. The van der Waals surface area contributed by atoms with Gasteiger partial charge in [-0.3, -0.25) is 14.9 Å². The van der Waals surface area contributed by atoms with Gasteiger partial charge in [0, 0.05) is 6.54 Å². The number of nitrogens with one attached hydrogen (secondary N) is 3. The summed E-state index contributed by atoms with van der Waals surface area (Å²) in [6.07, 6.45) is -0.810. The van der Waals surface area contributed by atoms with Crippen LogP contribution in [0.5, 0.6) is 5.75 Å². The Labute approximate surface area is 189 Å². The van der Waals surface area contributed by atoms with Gasteiger partial charge in [-0.2, -0.15) is 0 Å². The molecule has 0 aromatic heterocycles. The summed E-state index contributed by atoms with van der Waals surface area (Å²) in [5.74, 6) is -0.501. The van der Waals surface area contributed by atoms with Gasteiger partial charge in [-0.05, 0) is 46.4 Å². The lowest BCUT2D eigenvalue weighted by molar-refractivity contribution is -0.134. The fraction of sp³-hybridized carbons (Fsp3) is 0.304. The molecule has 2 aromatic carbocycles. The van der Waals surface area contributed by atoms with E-state index < -0.39 is 12.1 Å².